The maximum absolute atomic E-state index is 10.4. The van der Waals surface area contributed by atoms with Gasteiger partial charge in [0.25, 0.3) is 0 Å². The minimum atomic E-state index is -1.51. The van der Waals surface area contributed by atoms with Crippen LogP contribution in [0.5, 0.6) is 0 Å². The van der Waals surface area contributed by atoms with Gasteiger partial charge in [-0.05, 0) is 13.0 Å². The van der Waals surface area contributed by atoms with Crippen molar-refractivity contribution in [1.29, 1.82) is 0 Å². The Hall–Kier alpha value is -1.08. The Balaban J connectivity index is 0.000000437. The van der Waals surface area contributed by atoms with E-state index in [1.165, 1.54) is 6.07 Å². The first-order valence-electron chi connectivity index (χ1n) is 4.59. The molecule has 1 unspecified atom stereocenters. The Morgan fingerprint density at radius 1 is 1.71 bits per heavy atom. The van der Waals surface area contributed by atoms with Crippen molar-refractivity contribution in [3.05, 3.63) is 21.9 Å². The van der Waals surface area contributed by atoms with Gasteiger partial charge in [0, 0.05) is 0 Å². The summed E-state index contributed by atoms with van der Waals surface area (Å²) in [6.45, 7) is 2.33. The lowest BCUT2D eigenvalue weighted by atomic mass is 10.3. The molecule has 8 heteroatoms. The molecule has 6 N–H and O–H groups in total. The highest BCUT2D eigenvalue weighted by Crippen LogP contribution is 2.24. The van der Waals surface area contributed by atoms with Gasteiger partial charge in [0.05, 0.1) is 22.8 Å². The molecular formula is C9H13Cl2N3O3. The number of hydrogen-bond donors (Lipinski definition) is 3. The molecule has 1 heterocycles. The fourth-order valence-corrected chi connectivity index (χ4v) is 1.03. The van der Waals surface area contributed by atoms with Crippen LogP contribution < -0.4 is 16.6 Å². The SMILES string of the molecule is CC(O)C[NH3+].Nc1cc(Cl)nc(C(=O)[O-])c1Cl. The average Bonchev–Trinajstić information content (AvgIpc) is 2.23. The van der Waals surface area contributed by atoms with E-state index in [1.54, 1.807) is 6.92 Å². The van der Waals surface area contributed by atoms with E-state index in [2.05, 4.69) is 10.7 Å². The van der Waals surface area contributed by atoms with E-state index in [4.69, 9.17) is 34.0 Å². The lowest BCUT2D eigenvalue weighted by molar-refractivity contribution is -0.382. The van der Waals surface area contributed by atoms with Crippen LogP contribution in [0.2, 0.25) is 10.2 Å². The first-order valence-corrected chi connectivity index (χ1v) is 5.35. The number of quaternary nitrogens is 1. The van der Waals surface area contributed by atoms with E-state index >= 15 is 0 Å². The molecule has 0 aliphatic heterocycles. The summed E-state index contributed by atoms with van der Waals surface area (Å²) in [5.74, 6) is -1.51. The Bertz CT molecular complexity index is 399. The Labute approximate surface area is 108 Å². The molecule has 0 aliphatic rings. The van der Waals surface area contributed by atoms with Crippen LogP contribution in [0.25, 0.3) is 0 Å². The minimum Gasteiger partial charge on any atom is -0.543 e. The van der Waals surface area contributed by atoms with Gasteiger partial charge in [0.15, 0.2) is 0 Å². The first-order chi connectivity index (χ1) is 7.79. The van der Waals surface area contributed by atoms with Crippen LogP contribution in [0.3, 0.4) is 0 Å². The molecule has 6 nitrogen and oxygen atoms in total. The second-order valence-corrected chi connectivity index (χ2v) is 3.89. The number of halogens is 2. The molecule has 0 aromatic carbocycles. The normalized spacial score (nSPS) is 11.4. The molecular weight excluding hydrogens is 269 g/mol. The van der Waals surface area contributed by atoms with Crippen molar-refractivity contribution < 1.29 is 20.7 Å². The molecule has 0 saturated heterocycles. The fourth-order valence-electron chi connectivity index (χ4n) is 0.652. The number of carboxylic acid groups (broad SMARTS) is 1. The number of carbonyl (C=O) groups is 1. The molecule has 0 amide bonds. The number of nitrogen functional groups attached to an aromatic ring is 1. The largest absolute Gasteiger partial charge is 0.543 e. The minimum absolute atomic E-state index is 0.0314. The lowest BCUT2D eigenvalue weighted by Gasteiger charge is -2.06. The van der Waals surface area contributed by atoms with Crippen LogP contribution >= 0.6 is 23.2 Å². The lowest BCUT2D eigenvalue weighted by Crippen LogP contribution is -2.54. The predicted molar refractivity (Wildman–Crippen MR) is 62.4 cm³/mol. The number of anilines is 1. The second kappa shape index (κ2) is 7.29. The summed E-state index contributed by atoms with van der Waals surface area (Å²) in [5.41, 5.74) is 8.37. The van der Waals surface area contributed by atoms with E-state index < -0.39 is 11.7 Å². The van der Waals surface area contributed by atoms with Crippen LogP contribution in [-0.2, 0) is 0 Å². The zero-order chi connectivity index (χ0) is 13.6. The maximum atomic E-state index is 10.4. The Morgan fingerprint density at radius 2 is 2.18 bits per heavy atom. The highest BCUT2D eigenvalue weighted by molar-refractivity contribution is 6.36. The number of rotatable bonds is 2. The van der Waals surface area contributed by atoms with Gasteiger partial charge in [-0.1, -0.05) is 23.2 Å². The van der Waals surface area contributed by atoms with Gasteiger partial charge in [-0.25, -0.2) is 4.98 Å². The summed E-state index contributed by atoms with van der Waals surface area (Å²) >= 11 is 10.9. The van der Waals surface area contributed by atoms with Crippen LogP contribution in [-0.4, -0.2) is 28.7 Å². The smallest absolute Gasteiger partial charge is 0.131 e. The van der Waals surface area contributed by atoms with Crippen molar-refractivity contribution in [2.45, 2.75) is 13.0 Å². The van der Waals surface area contributed by atoms with E-state index in [0.717, 1.165) is 0 Å². The average molecular weight is 282 g/mol. The molecule has 0 aliphatic carbocycles. The number of carboxylic acids is 1. The van der Waals surface area contributed by atoms with Gasteiger partial charge >= 0.3 is 0 Å². The molecule has 1 rings (SSSR count). The third-order valence-corrected chi connectivity index (χ3v) is 2.16. The zero-order valence-electron chi connectivity index (χ0n) is 9.11. The van der Waals surface area contributed by atoms with Crippen molar-refractivity contribution in [1.82, 2.24) is 4.98 Å². The van der Waals surface area contributed by atoms with Crippen molar-refractivity contribution in [2.75, 3.05) is 12.3 Å². The van der Waals surface area contributed by atoms with Crippen molar-refractivity contribution in [3.8, 4) is 0 Å². The molecule has 1 aromatic heterocycles. The van der Waals surface area contributed by atoms with Gasteiger partial charge < -0.3 is 26.5 Å². The monoisotopic (exact) mass is 281 g/mol. The highest BCUT2D eigenvalue weighted by atomic mass is 35.5. The number of aromatic carboxylic acids is 1. The standard InChI is InChI=1S/C6H4Cl2N2O2.C3H9NO/c7-3-1-2(9)4(8)5(10-3)6(11)12;1-3(5)2-4/h1H,(H2,9,10)(H,11,12);3,5H,2,4H2,1H3. The quantitative estimate of drug-likeness (QED) is 0.596. The molecule has 17 heavy (non-hydrogen) atoms. The molecule has 96 valence electrons. The van der Waals surface area contributed by atoms with E-state index in [9.17, 15) is 9.90 Å². The number of aliphatic hydroxyl groups excluding tert-OH is 1. The summed E-state index contributed by atoms with van der Waals surface area (Å²) in [6, 6.07) is 1.26. The third kappa shape index (κ3) is 5.69. The summed E-state index contributed by atoms with van der Waals surface area (Å²) in [5, 5.41) is 18.5. The number of carbonyl (C=O) groups excluding carboxylic acids is 1. The van der Waals surface area contributed by atoms with Gasteiger partial charge in [0.2, 0.25) is 0 Å². The summed E-state index contributed by atoms with van der Waals surface area (Å²) in [6.07, 6.45) is -0.227. The van der Waals surface area contributed by atoms with Crippen molar-refractivity contribution in [2.24, 2.45) is 0 Å². The van der Waals surface area contributed by atoms with Crippen molar-refractivity contribution in [3.63, 3.8) is 0 Å². The summed E-state index contributed by atoms with van der Waals surface area (Å²) in [4.78, 5) is 13.8. The summed E-state index contributed by atoms with van der Waals surface area (Å²) in [7, 11) is 0. The van der Waals surface area contributed by atoms with E-state index in [1.807, 2.05) is 0 Å². The Morgan fingerprint density at radius 3 is 2.53 bits per heavy atom. The molecule has 1 aromatic rings. The number of aliphatic hydroxyl groups is 1. The van der Waals surface area contributed by atoms with Crippen LogP contribution in [0.1, 0.15) is 17.4 Å². The molecule has 0 spiro atoms. The van der Waals surface area contributed by atoms with E-state index in [-0.39, 0.29) is 22.0 Å². The van der Waals surface area contributed by atoms with Gasteiger partial charge in [0.1, 0.15) is 17.4 Å². The topological polar surface area (TPSA) is 127 Å². The van der Waals surface area contributed by atoms with Crippen LogP contribution in [0.4, 0.5) is 5.69 Å². The van der Waals surface area contributed by atoms with Crippen LogP contribution in [0.15, 0.2) is 6.07 Å². The second-order valence-electron chi connectivity index (χ2n) is 3.12. The predicted octanol–water partition coefficient (Wildman–Crippen LogP) is -1.06. The molecule has 1 atom stereocenters. The van der Waals surface area contributed by atoms with E-state index in [0.29, 0.717) is 6.54 Å². The molecule has 0 bridgehead atoms. The van der Waals surface area contributed by atoms with Gasteiger partial charge in [-0.2, -0.15) is 0 Å². The maximum Gasteiger partial charge on any atom is 0.131 e. The number of pyridine rings is 1. The zero-order valence-corrected chi connectivity index (χ0v) is 10.6. The number of aromatic nitrogens is 1. The van der Waals surface area contributed by atoms with Crippen LogP contribution in [0, 0.1) is 0 Å². The highest BCUT2D eigenvalue weighted by Gasteiger charge is 2.08. The fraction of sp³-hybridized carbons (Fsp3) is 0.333. The van der Waals surface area contributed by atoms with Gasteiger partial charge in [-0.3, -0.25) is 0 Å². The number of nitrogens with two attached hydrogens (primary N) is 1. The number of hydrogen-bond acceptors (Lipinski definition) is 5. The van der Waals surface area contributed by atoms with Gasteiger partial charge in [-0.15, -0.1) is 0 Å². The molecule has 0 fully saturated rings. The first kappa shape index (κ1) is 15.9. The summed E-state index contributed by atoms with van der Waals surface area (Å²) < 4.78 is 0. The Kier molecular flexibility index (Phi) is 6.82. The molecule has 0 saturated carbocycles. The van der Waals surface area contributed by atoms with Crippen molar-refractivity contribution >= 4 is 34.9 Å². The molecule has 0 radical (unpaired) electrons. The number of nitrogens with zero attached hydrogens (tertiary/aromatic N) is 1. The third-order valence-electron chi connectivity index (χ3n) is 1.57.